The number of methoxy groups -OCH3 is 1. The molecule has 0 aliphatic heterocycles. The lowest BCUT2D eigenvalue weighted by molar-refractivity contribution is 0.371. The Labute approximate surface area is 139 Å². The number of anilines is 1. The summed E-state index contributed by atoms with van der Waals surface area (Å²) in [5, 5.41) is 22.1. The van der Waals surface area contributed by atoms with Gasteiger partial charge in [0.15, 0.2) is 11.5 Å². The normalized spacial score (nSPS) is 10.0. The zero-order valence-electron chi connectivity index (χ0n) is 11.2. The topological polar surface area (TPSA) is 65.3 Å². The summed E-state index contributed by atoms with van der Waals surface area (Å²) in [5.41, 5.74) is 2.24. The average molecular weight is 412 g/mol. The van der Waals surface area contributed by atoms with Gasteiger partial charge < -0.3 is 15.2 Å². The smallest absolute Gasteiger partial charge is 0.172 e. The second-order valence-electron chi connectivity index (χ2n) is 4.28. The van der Waals surface area contributed by atoms with Crippen LogP contribution in [0.15, 0.2) is 39.3 Å². The molecule has 0 amide bonds. The van der Waals surface area contributed by atoms with Crippen LogP contribution in [-0.2, 0) is 6.54 Å². The fraction of sp³-hybridized carbons (Fsp3) is 0.133. The maximum atomic E-state index is 9.78. The van der Waals surface area contributed by atoms with Gasteiger partial charge in [-0.3, -0.25) is 0 Å². The molecule has 0 saturated heterocycles. The Morgan fingerprint density at radius 2 is 2.05 bits per heavy atom. The van der Waals surface area contributed by atoms with Crippen molar-refractivity contribution in [1.82, 2.24) is 0 Å². The van der Waals surface area contributed by atoms with Crippen LogP contribution in [0.4, 0.5) is 5.69 Å². The van der Waals surface area contributed by atoms with Crippen molar-refractivity contribution in [2.75, 3.05) is 12.4 Å². The number of rotatable bonds is 4. The summed E-state index contributed by atoms with van der Waals surface area (Å²) in [4.78, 5) is 0. The van der Waals surface area contributed by atoms with E-state index in [4.69, 9.17) is 10.00 Å². The van der Waals surface area contributed by atoms with E-state index >= 15 is 0 Å². The fourth-order valence-corrected chi connectivity index (χ4v) is 2.70. The molecule has 0 aromatic heterocycles. The zero-order chi connectivity index (χ0) is 15.4. The maximum Gasteiger partial charge on any atom is 0.172 e. The Kier molecular flexibility index (Phi) is 5.10. The van der Waals surface area contributed by atoms with Crippen LogP contribution in [0.3, 0.4) is 0 Å². The van der Waals surface area contributed by atoms with Crippen molar-refractivity contribution in [3.05, 3.63) is 50.4 Å². The van der Waals surface area contributed by atoms with Gasteiger partial charge in [-0.05, 0) is 51.8 Å². The lowest BCUT2D eigenvalue weighted by Crippen LogP contribution is -2.02. The molecular weight excluding hydrogens is 400 g/mol. The first kappa shape index (κ1) is 15.7. The van der Waals surface area contributed by atoms with Gasteiger partial charge in [0, 0.05) is 11.0 Å². The van der Waals surface area contributed by atoms with Gasteiger partial charge in [0.25, 0.3) is 0 Å². The average Bonchev–Trinajstić information content (AvgIpc) is 2.48. The number of ether oxygens (including phenoxy) is 1. The van der Waals surface area contributed by atoms with Crippen LogP contribution in [0, 0.1) is 11.3 Å². The minimum Gasteiger partial charge on any atom is -0.503 e. The highest BCUT2D eigenvalue weighted by atomic mass is 79.9. The van der Waals surface area contributed by atoms with Gasteiger partial charge in [0.2, 0.25) is 0 Å². The Balaban J connectivity index is 2.21. The van der Waals surface area contributed by atoms with Gasteiger partial charge in [-0.25, -0.2) is 0 Å². The number of phenolic OH excluding ortho intramolecular Hbond substituents is 1. The molecular formula is C15H12Br2N2O2. The Morgan fingerprint density at radius 3 is 2.71 bits per heavy atom. The van der Waals surface area contributed by atoms with Gasteiger partial charge in [-0.2, -0.15) is 5.26 Å². The molecule has 0 fully saturated rings. The van der Waals surface area contributed by atoms with Gasteiger partial charge >= 0.3 is 0 Å². The maximum absolute atomic E-state index is 9.78. The van der Waals surface area contributed by atoms with Crippen LogP contribution in [-0.4, -0.2) is 12.2 Å². The molecule has 0 unspecified atom stereocenters. The number of phenols is 1. The summed E-state index contributed by atoms with van der Waals surface area (Å²) < 4.78 is 6.54. The molecule has 0 aliphatic carbocycles. The molecule has 0 heterocycles. The second kappa shape index (κ2) is 6.83. The number of halogens is 2. The zero-order valence-corrected chi connectivity index (χ0v) is 14.3. The molecule has 2 aromatic rings. The summed E-state index contributed by atoms with van der Waals surface area (Å²) in [7, 11) is 1.50. The molecule has 0 aliphatic rings. The third-order valence-electron chi connectivity index (χ3n) is 2.89. The van der Waals surface area contributed by atoms with Crippen molar-refractivity contribution in [3.8, 4) is 17.6 Å². The summed E-state index contributed by atoms with van der Waals surface area (Å²) >= 11 is 6.63. The predicted molar refractivity (Wildman–Crippen MR) is 88.5 cm³/mol. The fourth-order valence-electron chi connectivity index (χ4n) is 1.85. The molecule has 2 N–H and O–H groups in total. The van der Waals surface area contributed by atoms with E-state index in [-0.39, 0.29) is 5.75 Å². The lowest BCUT2D eigenvalue weighted by Gasteiger charge is -2.11. The standard InChI is InChI=1S/C15H12Br2N2O2/c1-21-14-5-9(4-12(17)15(14)20)8-19-13-3-2-11(16)6-10(13)7-18/h2-6,19-20H,8H2,1H3. The van der Waals surface area contributed by atoms with Crippen molar-refractivity contribution < 1.29 is 9.84 Å². The summed E-state index contributed by atoms with van der Waals surface area (Å²) in [5.74, 6) is 0.472. The molecule has 0 atom stereocenters. The number of benzene rings is 2. The molecule has 2 aromatic carbocycles. The van der Waals surface area contributed by atoms with E-state index < -0.39 is 0 Å². The predicted octanol–water partition coefficient (Wildman–Crippen LogP) is 4.41. The molecule has 2 rings (SSSR count). The van der Waals surface area contributed by atoms with E-state index in [2.05, 4.69) is 43.2 Å². The Bertz CT molecular complexity index is 712. The van der Waals surface area contributed by atoms with E-state index in [0.29, 0.717) is 22.3 Å². The number of hydrogen-bond acceptors (Lipinski definition) is 4. The number of hydrogen-bond donors (Lipinski definition) is 2. The number of nitriles is 1. The van der Waals surface area contributed by atoms with Crippen LogP contribution in [0.5, 0.6) is 11.5 Å². The number of nitrogens with one attached hydrogen (secondary N) is 1. The van der Waals surface area contributed by atoms with E-state index in [1.807, 2.05) is 12.1 Å². The third-order valence-corrected chi connectivity index (χ3v) is 3.99. The molecule has 6 heteroatoms. The van der Waals surface area contributed by atoms with E-state index in [9.17, 15) is 5.11 Å². The minimum absolute atomic E-state index is 0.0719. The SMILES string of the molecule is COc1cc(CNc2ccc(Br)cc2C#N)cc(Br)c1O. The van der Waals surface area contributed by atoms with Crippen LogP contribution in [0.25, 0.3) is 0 Å². The first-order valence-electron chi connectivity index (χ1n) is 6.04. The quantitative estimate of drug-likeness (QED) is 0.781. The van der Waals surface area contributed by atoms with Gasteiger partial charge in [-0.15, -0.1) is 0 Å². The molecule has 0 saturated carbocycles. The van der Waals surface area contributed by atoms with Crippen LogP contribution in [0.1, 0.15) is 11.1 Å². The van der Waals surface area contributed by atoms with Gasteiger partial charge in [0.1, 0.15) is 6.07 Å². The first-order valence-corrected chi connectivity index (χ1v) is 7.62. The van der Waals surface area contributed by atoms with Gasteiger partial charge in [0.05, 0.1) is 22.8 Å². The number of nitrogens with zero attached hydrogens (tertiary/aromatic N) is 1. The van der Waals surface area contributed by atoms with E-state index in [1.54, 1.807) is 18.2 Å². The molecule has 21 heavy (non-hydrogen) atoms. The van der Waals surface area contributed by atoms with Gasteiger partial charge in [-0.1, -0.05) is 15.9 Å². The van der Waals surface area contributed by atoms with E-state index in [0.717, 1.165) is 15.7 Å². The van der Waals surface area contributed by atoms with Crippen LogP contribution >= 0.6 is 31.9 Å². The third kappa shape index (κ3) is 3.69. The van der Waals surface area contributed by atoms with Crippen molar-refractivity contribution in [2.45, 2.75) is 6.54 Å². The first-order chi connectivity index (χ1) is 10.0. The van der Waals surface area contributed by atoms with Crippen molar-refractivity contribution in [3.63, 3.8) is 0 Å². The molecule has 0 radical (unpaired) electrons. The molecule has 0 spiro atoms. The van der Waals surface area contributed by atoms with Crippen molar-refractivity contribution in [2.24, 2.45) is 0 Å². The molecule has 4 nitrogen and oxygen atoms in total. The Hall–Kier alpha value is -1.71. The van der Waals surface area contributed by atoms with Crippen LogP contribution in [0.2, 0.25) is 0 Å². The summed E-state index contributed by atoms with van der Waals surface area (Å²) in [6.07, 6.45) is 0. The number of aromatic hydroxyl groups is 1. The molecule has 108 valence electrons. The highest BCUT2D eigenvalue weighted by Crippen LogP contribution is 2.35. The van der Waals surface area contributed by atoms with Crippen molar-refractivity contribution >= 4 is 37.5 Å². The second-order valence-corrected chi connectivity index (χ2v) is 6.05. The van der Waals surface area contributed by atoms with E-state index in [1.165, 1.54) is 7.11 Å². The summed E-state index contributed by atoms with van der Waals surface area (Å²) in [6, 6.07) is 11.2. The summed E-state index contributed by atoms with van der Waals surface area (Å²) in [6.45, 7) is 0.506. The highest BCUT2D eigenvalue weighted by molar-refractivity contribution is 9.10. The van der Waals surface area contributed by atoms with Crippen LogP contribution < -0.4 is 10.1 Å². The minimum atomic E-state index is 0.0719. The largest absolute Gasteiger partial charge is 0.503 e. The highest BCUT2D eigenvalue weighted by Gasteiger charge is 2.09. The Morgan fingerprint density at radius 1 is 1.29 bits per heavy atom. The monoisotopic (exact) mass is 410 g/mol. The molecule has 0 bridgehead atoms. The van der Waals surface area contributed by atoms with Crippen molar-refractivity contribution in [1.29, 1.82) is 5.26 Å². The lowest BCUT2D eigenvalue weighted by atomic mass is 10.1.